The monoisotopic (exact) mass is 407 g/mol. The van der Waals surface area contributed by atoms with Crippen molar-refractivity contribution >= 4 is 63.7 Å². The molecule has 5 heteroatoms. The van der Waals surface area contributed by atoms with Crippen molar-refractivity contribution in [2.75, 3.05) is 0 Å². The van der Waals surface area contributed by atoms with Crippen LogP contribution in [0.4, 0.5) is 4.39 Å². The molecule has 0 bridgehead atoms. The lowest BCUT2D eigenvalue weighted by atomic mass is 10.3. The van der Waals surface area contributed by atoms with E-state index in [0.29, 0.717) is 17.9 Å². The summed E-state index contributed by atoms with van der Waals surface area (Å²) in [6.45, 7) is 0. The van der Waals surface area contributed by atoms with E-state index in [9.17, 15) is 4.39 Å². The van der Waals surface area contributed by atoms with Gasteiger partial charge in [0.25, 0.3) is 0 Å². The summed E-state index contributed by atoms with van der Waals surface area (Å²) in [6, 6.07) is 2.85. The van der Waals surface area contributed by atoms with Crippen LogP contribution in [0.3, 0.4) is 0 Å². The van der Waals surface area contributed by atoms with Gasteiger partial charge in [0.2, 0.25) is 0 Å². The Bertz CT molecular complexity index is 271. The highest BCUT2D eigenvalue weighted by atomic mass is 79.9. The summed E-state index contributed by atoms with van der Waals surface area (Å²) in [4.78, 5) is 0. The normalized spacial score (nSPS) is 10.3. The molecule has 0 heterocycles. The lowest BCUT2D eigenvalue weighted by molar-refractivity contribution is 0.612. The second-order valence-electron chi connectivity index (χ2n) is 1.69. The van der Waals surface area contributed by atoms with Crippen molar-refractivity contribution in [3.63, 3.8) is 0 Å². The lowest BCUT2D eigenvalue weighted by Crippen LogP contribution is -1.83. The Kier molecular flexibility index (Phi) is 3.56. The van der Waals surface area contributed by atoms with Crippen LogP contribution in [-0.4, -0.2) is 0 Å². The predicted molar refractivity (Wildman–Crippen MR) is 56.0 cm³/mol. The van der Waals surface area contributed by atoms with Gasteiger partial charge in [-0.1, -0.05) is 0 Å². The van der Waals surface area contributed by atoms with E-state index in [1.807, 2.05) is 0 Å². The van der Waals surface area contributed by atoms with E-state index >= 15 is 0 Å². The largest absolute Gasteiger partial charge is 0.204 e. The molecule has 1 radical (unpaired) electrons. The van der Waals surface area contributed by atoms with Crippen LogP contribution in [0.2, 0.25) is 0 Å². The second-order valence-corrected chi connectivity index (χ2v) is 4.87. The van der Waals surface area contributed by atoms with E-state index < -0.39 is 0 Å². The van der Waals surface area contributed by atoms with Crippen LogP contribution in [0.25, 0.3) is 0 Å². The molecule has 0 aliphatic heterocycles. The van der Waals surface area contributed by atoms with Gasteiger partial charge >= 0.3 is 0 Å². The van der Waals surface area contributed by atoms with Gasteiger partial charge in [-0.15, -0.1) is 0 Å². The van der Waals surface area contributed by atoms with Gasteiger partial charge in [-0.2, -0.15) is 0 Å². The summed E-state index contributed by atoms with van der Waals surface area (Å²) < 4.78 is 14.9. The zero-order valence-electron chi connectivity index (χ0n) is 4.89. The van der Waals surface area contributed by atoms with Gasteiger partial charge < -0.3 is 0 Å². The van der Waals surface area contributed by atoms with Gasteiger partial charge in [-0.3, -0.25) is 0 Å². The molecule has 0 fully saturated rings. The first kappa shape index (κ1) is 10.2. The fourth-order valence-electron chi connectivity index (χ4n) is 0.495. The average molecular weight is 411 g/mol. The molecule has 1 aromatic carbocycles. The van der Waals surface area contributed by atoms with Crippen LogP contribution in [-0.2, 0) is 0 Å². The van der Waals surface area contributed by atoms with E-state index in [1.165, 1.54) is 0 Å². The Labute approximate surface area is 97.1 Å². The third kappa shape index (κ3) is 2.05. The Morgan fingerprint density at radius 2 is 1.27 bits per heavy atom. The summed E-state index contributed by atoms with van der Waals surface area (Å²) in [6.07, 6.45) is 0. The number of hydrogen-bond acceptors (Lipinski definition) is 0. The van der Waals surface area contributed by atoms with Crippen LogP contribution in [0.15, 0.2) is 17.9 Å². The maximum Gasteiger partial charge on any atom is 0.153 e. The minimum absolute atomic E-state index is 0.345. The molecular weight excluding hydrogens is 411 g/mol. The number of halogens is 5. The van der Waals surface area contributed by atoms with E-state index in [4.69, 9.17) is 0 Å². The highest BCUT2D eigenvalue weighted by Gasteiger charge is 2.11. The fraction of sp³-hybridized carbons (Fsp3) is 0. The first-order valence-electron chi connectivity index (χ1n) is 2.44. The highest BCUT2D eigenvalue weighted by molar-refractivity contribution is 9.14. The van der Waals surface area contributed by atoms with Crippen LogP contribution >= 0.6 is 63.7 Å². The molecule has 0 nitrogen and oxygen atoms in total. The third-order valence-corrected chi connectivity index (χ3v) is 4.73. The first-order chi connectivity index (χ1) is 5.04. The van der Waals surface area contributed by atoms with Crippen molar-refractivity contribution in [2.24, 2.45) is 0 Å². The van der Waals surface area contributed by atoms with Crippen molar-refractivity contribution < 1.29 is 4.39 Å². The van der Waals surface area contributed by atoms with Gasteiger partial charge in [-0.25, -0.2) is 4.39 Å². The molecule has 0 spiro atoms. The topological polar surface area (TPSA) is 0 Å². The minimum atomic E-state index is -0.345. The molecule has 0 saturated carbocycles. The molecule has 0 amide bonds. The second kappa shape index (κ2) is 3.85. The van der Waals surface area contributed by atoms with Crippen LogP contribution in [0, 0.1) is 11.9 Å². The Balaban J connectivity index is 3.46. The fourth-order valence-corrected chi connectivity index (χ4v) is 2.37. The maximum absolute atomic E-state index is 13.1. The highest BCUT2D eigenvalue weighted by Crippen LogP contribution is 2.35. The van der Waals surface area contributed by atoms with E-state index in [2.05, 4.69) is 69.8 Å². The zero-order valence-corrected chi connectivity index (χ0v) is 11.2. The van der Waals surface area contributed by atoms with Crippen molar-refractivity contribution in [1.82, 2.24) is 0 Å². The third-order valence-electron chi connectivity index (χ3n) is 0.990. The predicted octanol–water partition coefficient (Wildman–Crippen LogP) is 4.68. The summed E-state index contributed by atoms with van der Waals surface area (Å²) in [5.41, 5.74) is 0. The van der Waals surface area contributed by atoms with Gasteiger partial charge in [0.1, 0.15) is 0 Å². The molecule has 0 aliphatic rings. The SMILES string of the molecule is Fc1c(Br)c(Br)[c]c(Br)c1Br. The summed E-state index contributed by atoms with van der Waals surface area (Å²) in [7, 11) is 0. The Morgan fingerprint density at radius 3 is 1.64 bits per heavy atom. The number of benzene rings is 1. The first-order valence-corrected chi connectivity index (χ1v) is 5.62. The Hall–Kier alpha value is 1.07. The van der Waals surface area contributed by atoms with Gasteiger partial charge in [0.15, 0.2) is 5.82 Å². The van der Waals surface area contributed by atoms with Gasteiger partial charge in [0, 0.05) is 15.0 Å². The standard InChI is InChI=1S/C6Br4F/c7-2-1-3(8)5(10)6(11)4(2)9. The zero-order chi connectivity index (χ0) is 8.59. The van der Waals surface area contributed by atoms with E-state index in [-0.39, 0.29) is 5.82 Å². The van der Waals surface area contributed by atoms with Crippen LogP contribution in [0.1, 0.15) is 0 Å². The molecule has 11 heavy (non-hydrogen) atoms. The molecule has 0 N–H and O–H groups in total. The minimum Gasteiger partial charge on any atom is -0.204 e. The summed E-state index contributed by atoms with van der Waals surface area (Å²) in [5.74, 6) is -0.345. The number of hydrogen-bond donors (Lipinski definition) is 0. The molecule has 0 aromatic heterocycles. The van der Waals surface area contributed by atoms with Crippen molar-refractivity contribution in [1.29, 1.82) is 0 Å². The van der Waals surface area contributed by atoms with Gasteiger partial charge in [-0.05, 0) is 63.7 Å². The van der Waals surface area contributed by atoms with Crippen molar-refractivity contribution in [2.45, 2.75) is 0 Å². The van der Waals surface area contributed by atoms with Crippen LogP contribution < -0.4 is 0 Å². The van der Waals surface area contributed by atoms with E-state index in [0.717, 1.165) is 0 Å². The van der Waals surface area contributed by atoms with Crippen LogP contribution in [0.5, 0.6) is 0 Å². The molecule has 0 saturated heterocycles. The Morgan fingerprint density at radius 1 is 0.909 bits per heavy atom. The summed E-state index contributed by atoms with van der Waals surface area (Å²) >= 11 is 12.4. The molecule has 1 aromatic rings. The maximum atomic E-state index is 13.1. The quantitative estimate of drug-likeness (QED) is 0.430. The molecule has 1 rings (SSSR count). The average Bonchev–Trinajstić information content (AvgIpc) is 1.97. The van der Waals surface area contributed by atoms with Crippen molar-refractivity contribution in [3.05, 3.63) is 29.8 Å². The molecule has 0 atom stereocenters. The summed E-state index contributed by atoms with van der Waals surface area (Å²) in [5, 5.41) is 0. The molecule has 59 valence electrons. The van der Waals surface area contributed by atoms with Gasteiger partial charge in [0.05, 0.1) is 8.95 Å². The smallest absolute Gasteiger partial charge is 0.153 e. The molecule has 0 aliphatic carbocycles. The number of rotatable bonds is 0. The molecular formula is C6Br4F. The lowest BCUT2D eigenvalue weighted by Gasteiger charge is -2.01. The van der Waals surface area contributed by atoms with E-state index in [1.54, 1.807) is 0 Å². The molecule has 0 unspecified atom stereocenters. The van der Waals surface area contributed by atoms with Crippen molar-refractivity contribution in [3.8, 4) is 0 Å².